The van der Waals surface area contributed by atoms with Crippen molar-refractivity contribution in [3.8, 4) is 5.75 Å². The minimum Gasteiger partial charge on any atom is -0.508 e. The first-order valence-corrected chi connectivity index (χ1v) is 11.3. The Hall–Kier alpha value is -2.86. The molecule has 1 fully saturated rings. The summed E-state index contributed by atoms with van der Waals surface area (Å²) in [4.78, 5) is 26.5. The van der Waals surface area contributed by atoms with Crippen molar-refractivity contribution in [3.05, 3.63) is 65.7 Å². The van der Waals surface area contributed by atoms with Crippen LogP contribution in [-0.2, 0) is 21.4 Å². The van der Waals surface area contributed by atoms with Gasteiger partial charge >= 0.3 is 5.97 Å². The van der Waals surface area contributed by atoms with Crippen molar-refractivity contribution in [1.29, 1.82) is 0 Å². The number of nitrogens with one attached hydrogen (secondary N) is 1. The summed E-state index contributed by atoms with van der Waals surface area (Å²) >= 11 is 0. The summed E-state index contributed by atoms with van der Waals surface area (Å²) in [5.74, 6) is -0.985. The lowest BCUT2D eigenvalue weighted by molar-refractivity contribution is -0.142. The van der Waals surface area contributed by atoms with Crippen molar-refractivity contribution < 1.29 is 19.8 Å². The van der Waals surface area contributed by atoms with Crippen molar-refractivity contribution in [2.75, 3.05) is 19.6 Å². The van der Waals surface area contributed by atoms with Gasteiger partial charge in [-0.25, -0.2) is 0 Å². The van der Waals surface area contributed by atoms with Gasteiger partial charge in [0, 0.05) is 13.1 Å². The number of phenols is 1. The lowest BCUT2D eigenvalue weighted by Gasteiger charge is -2.45. The smallest absolute Gasteiger partial charge is 0.325 e. The van der Waals surface area contributed by atoms with Crippen LogP contribution in [0.2, 0.25) is 0 Å². The SMILES string of the molecule is C[C@H](NC(=O)[C@@H](Cc1ccccc1)CN1CC[C@@](C)(c2cccc(O)c2)[C@@H](C)C1)C(=O)O. The van der Waals surface area contributed by atoms with Gasteiger partial charge in [-0.15, -0.1) is 0 Å². The van der Waals surface area contributed by atoms with Crippen LogP contribution in [0.25, 0.3) is 0 Å². The second-order valence-corrected chi connectivity index (χ2v) is 9.33. The highest BCUT2D eigenvalue weighted by molar-refractivity contribution is 5.85. The van der Waals surface area contributed by atoms with Crippen LogP contribution in [0.5, 0.6) is 5.75 Å². The molecule has 0 aliphatic carbocycles. The van der Waals surface area contributed by atoms with Crippen LogP contribution in [0, 0.1) is 11.8 Å². The second kappa shape index (κ2) is 10.2. The summed E-state index contributed by atoms with van der Waals surface area (Å²) in [6.45, 7) is 8.20. The summed E-state index contributed by atoms with van der Waals surface area (Å²) in [7, 11) is 0. The van der Waals surface area contributed by atoms with Gasteiger partial charge in [0.05, 0.1) is 5.92 Å². The predicted octanol–water partition coefficient (Wildman–Crippen LogP) is 3.44. The fourth-order valence-corrected chi connectivity index (χ4v) is 4.62. The quantitative estimate of drug-likeness (QED) is 0.587. The summed E-state index contributed by atoms with van der Waals surface area (Å²) in [5.41, 5.74) is 2.15. The molecule has 1 amide bonds. The molecule has 1 saturated heterocycles. The number of carboxylic acid groups (broad SMARTS) is 1. The Balaban J connectivity index is 1.72. The van der Waals surface area contributed by atoms with E-state index in [1.54, 1.807) is 6.07 Å². The Labute approximate surface area is 190 Å². The maximum Gasteiger partial charge on any atom is 0.325 e. The lowest BCUT2D eigenvalue weighted by atomic mass is 9.68. The molecule has 0 aromatic heterocycles. The summed E-state index contributed by atoms with van der Waals surface area (Å²) in [6, 6.07) is 16.4. The molecule has 3 rings (SSSR count). The topological polar surface area (TPSA) is 89.9 Å². The fourth-order valence-electron chi connectivity index (χ4n) is 4.62. The van der Waals surface area contributed by atoms with Crippen LogP contribution in [-0.4, -0.2) is 52.7 Å². The van der Waals surface area contributed by atoms with E-state index < -0.39 is 12.0 Å². The number of carbonyl (C=O) groups is 2. The van der Waals surface area contributed by atoms with Crippen molar-refractivity contribution in [1.82, 2.24) is 10.2 Å². The van der Waals surface area contributed by atoms with Gasteiger partial charge in [0.2, 0.25) is 5.91 Å². The number of rotatable bonds is 8. The molecule has 3 N–H and O–H groups in total. The summed E-state index contributed by atoms with van der Waals surface area (Å²) < 4.78 is 0. The van der Waals surface area contributed by atoms with E-state index in [0.29, 0.717) is 18.9 Å². The number of aromatic hydroxyl groups is 1. The third-order valence-corrected chi connectivity index (χ3v) is 6.98. The highest BCUT2D eigenvalue weighted by atomic mass is 16.4. The van der Waals surface area contributed by atoms with Gasteiger partial charge in [0.1, 0.15) is 11.8 Å². The fraction of sp³-hybridized carbons (Fsp3) is 0.462. The van der Waals surface area contributed by atoms with Crippen LogP contribution < -0.4 is 5.32 Å². The lowest BCUT2D eigenvalue weighted by Crippen LogP contribution is -2.51. The number of aliphatic carboxylic acids is 1. The van der Waals surface area contributed by atoms with Gasteiger partial charge in [-0.2, -0.15) is 0 Å². The monoisotopic (exact) mass is 438 g/mol. The zero-order valence-corrected chi connectivity index (χ0v) is 19.1. The highest BCUT2D eigenvalue weighted by Crippen LogP contribution is 2.40. The molecule has 2 aromatic rings. The molecule has 0 spiro atoms. The largest absolute Gasteiger partial charge is 0.508 e. The Kier molecular flexibility index (Phi) is 7.56. The molecule has 2 aromatic carbocycles. The first kappa shape index (κ1) is 23.8. The van der Waals surface area contributed by atoms with Crippen LogP contribution in [0.15, 0.2) is 54.6 Å². The third kappa shape index (κ3) is 5.68. The average molecular weight is 439 g/mol. The Morgan fingerprint density at radius 1 is 1.19 bits per heavy atom. The Morgan fingerprint density at radius 2 is 1.91 bits per heavy atom. The van der Waals surface area contributed by atoms with E-state index in [2.05, 4.69) is 30.1 Å². The molecule has 1 heterocycles. The molecule has 6 heteroatoms. The van der Waals surface area contributed by atoms with E-state index in [1.807, 2.05) is 42.5 Å². The van der Waals surface area contributed by atoms with Crippen LogP contribution in [0.4, 0.5) is 0 Å². The number of likely N-dealkylation sites (tertiary alicyclic amines) is 1. The minimum atomic E-state index is -1.04. The number of nitrogens with zero attached hydrogens (tertiary/aromatic N) is 1. The Morgan fingerprint density at radius 3 is 2.53 bits per heavy atom. The molecule has 1 aliphatic rings. The number of amides is 1. The number of carbonyl (C=O) groups excluding carboxylic acids is 1. The van der Waals surface area contributed by atoms with E-state index in [-0.39, 0.29) is 23.0 Å². The van der Waals surface area contributed by atoms with E-state index in [9.17, 15) is 19.8 Å². The Bertz CT molecular complexity index is 932. The number of hydrogen-bond acceptors (Lipinski definition) is 4. The van der Waals surface area contributed by atoms with E-state index in [1.165, 1.54) is 6.92 Å². The molecule has 0 radical (unpaired) electrons. The van der Waals surface area contributed by atoms with Crippen molar-refractivity contribution in [2.24, 2.45) is 11.8 Å². The normalized spacial score (nSPS) is 23.3. The molecule has 0 saturated carbocycles. The van der Waals surface area contributed by atoms with Crippen LogP contribution >= 0.6 is 0 Å². The van der Waals surface area contributed by atoms with Gasteiger partial charge in [-0.3, -0.25) is 9.59 Å². The van der Waals surface area contributed by atoms with Gasteiger partial charge in [0.25, 0.3) is 0 Å². The zero-order chi connectivity index (χ0) is 23.3. The van der Waals surface area contributed by atoms with Gasteiger partial charge in [-0.1, -0.05) is 56.3 Å². The van der Waals surface area contributed by atoms with Gasteiger partial charge in [0.15, 0.2) is 0 Å². The van der Waals surface area contributed by atoms with Crippen molar-refractivity contribution in [3.63, 3.8) is 0 Å². The van der Waals surface area contributed by atoms with Crippen molar-refractivity contribution >= 4 is 11.9 Å². The first-order chi connectivity index (χ1) is 15.2. The van der Waals surface area contributed by atoms with Crippen molar-refractivity contribution in [2.45, 2.75) is 45.1 Å². The number of piperidine rings is 1. The second-order valence-electron chi connectivity index (χ2n) is 9.33. The highest BCUT2D eigenvalue weighted by Gasteiger charge is 2.39. The summed E-state index contributed by atoms with van der Waals surface area (Å²) in [5, 5.41) is 21.8. The maximum atomic E-state index is 13.0. The molecule has 6 nitrogen and oxygen atoms in total. The predicted molar refractivity (Wildman–Crippen MR) is 125 cm³/mol. The molecule has 172 valence electrons. The number of phenolic OH excluding ortho intramolecular Hbond substituents is 1. The average Bonchev–Trinajstić information content (AvgIpc) is 2.76. The third-order valence-electron chi connectivity index (χ3n) is 6.98. The van der Waals surface area contributed by atoms with Crippen LogP contribution in [0.3, 0.4) is 0 Å². The standard InChI is InChI=1S/C26H34N2O4/c1-18-16-28(13-12-26(18,3)22-10-7-11-23(29)15-22)17-21(14-20-8-5-4-6-9-20)24(30)27-19(2)25(31)32/h4-11,15,18-19,21,29H,12-14,16-17H2,1-3H3,(H,27,30)(H,31,32)/t18-,19-,21-,26+/m0/s1. The molecule has 4 atom stereocenters. The molecular formula is C26H34N2O4. The summed E-state index contributed by atoms with van der Waals surface area (Å²) in [6.07, 6.45) is 1.48. The number of benzene rings is 2. The van der Waals surface area contributed by atoms with E-state index in [4.69, 9.17) is 0 Å². The molecule has 1 aliphatic heterocycles. The van der Waals surface area contributed by atoms with E-state index in [0.717, 1.165) is 30.6 Å². The zero-order valence-electron chi connectivity index (χ0n) is 19.1. The number of hydrogen-bond donors (Lipinski definition) is 3. The van der Waals surface area contributed by atoms with Crippen LogP contribution in [0.1, 0.15) is 38.3 Å². The van der Waals surface area contributed by atoms with E-state index >= 15 is 0 Å². The first-order valence-electron chi connectivity index (χ1n) is 11.3. The molecule has 0 bridgehead atoms. The molecule has 0 unspecified atom stereocenters. The molecular weight excluding hydrogens is 404 g/mol. The number of carboxylic acids is 1. The maximum absolute atomic E-state index is 13.0. The molecule has 32 heavy (non-hydrogen) atoms. The van der Waals surface area contributed by atoms with Gasteiger partial charge < -0.3 is 20.4 Å². The minimum absolute atomic E-state index is 0.0513. The van der Waals surface area contributed by atoms with Gasteiger partial charge in [-0.05, 0) is 60.9 Å².